The zero-order valence-electron chi connectivity index (χ0n) is 12.0. The highest BCUT2D eigenvalue weighted by atomic mass is 35.5. The van der Waals surface area contributed by atoms with Crippen LogP contribution in [0.5, 0.6) is 0 Å². The molecule has 0 bridgehead atoms. The largest absolute Gasteiger partial charge is 0.358 e. The molecule has 0 aromatic carbocycles. The molecule has 4 heteroatoms. The molecule has 2 heterocycles. The Labute approximate surface area is 120 Å². The number of aliphatic imine (C=N–C) groups is 1. The Balaban J connectivity index is 2.46. The maximum Gasteiger partial charge on any atom is 0.147 e. The van der Waals surface area contributed by atoms with E-state index in [0.29, 0.717) is 5.16 Å². The predicted molar refractivity (Wildman–Crippen MR) is 80.4 cm³/mol. The van der Waals surface area contributed by atoms with E-state index in [4.69, 9.17) is 16.3 Å². The number of rotatable bonds is 2. The van der Waals surface area contributed by atoms with E-state index in [2.05, 4.69) is 43.2 Å². The second-order valence-corrected chi connectivity index (χ2v) is 6.20. The second-order valence-electron chi connectivity index (χ2n) is 5.82. The molecule has 0 spiro atoms. The van der Waals surface area contributed by atoms with Gasteiger partial charge in [-0.3, -0.25) is 4.99 Å². The van der Waals surface area contributed by atoms with E-state index in [-0.39, 0.29) is 11.6 Å². The molecule has 0 aliphatic carbocycles. The van der Waals surface area contributed by atoms with E-state index in [0.717, 1.165) is 18.5 Å². The number of hydrogen-bond acceptors (Lipinski definition) is 3. The van der Waals surface area contributed by atoms with Crippen LogP contribution in [-0.4, -0.2) is 26.1 Å². The van der Waals surface area contributed by atoms with Crippen molar-refractivity contribution >= 4 is 17.8 Å². The molecule has 1 N–H and O–H groups in total. The van der Waals surface area contributed by atoms with Crippen LogP contribution < -0.4 is 5.32 Å². The van der Waals surface area contributed by atoms with Crippen LogP contribution in [0.15, 0.2) is 39.0 Å². The Morgan fingerprint density at radius 1 is 1.42 bits per heavy atom. The third-order valence-electron chi connectivity index (χ3n) is 3.35. The summed E-state index contributed by atoms with van der Waals surface area (Å²) in [5.41, 5.74) is 3.59. The number of hydrogen-bond donors (Lipinski definition) is 1. The summed E-state index contributed by atoms with van der Waals surface area (Å²) in [6, 6.07) is 0. The third-order valence-corrected chi connectivity index (χ3v) is 3.65. The van der Waals surface area contributed by atoms with Crippen LogP contribution in [-0.2, 0) is 4.74 Å². The molecule has 1 atom stereocenters. The number of ether oxygens (including phenoxy) is 1. The fourth-order valence-electron chi connectivity index (χ4n) is 2.35. The smallest absolute Gasteiger partial charge is 0.147 e. The average Bonchev–Trinajstić information content (AvgIpc) is 2.37. The van der Waals surface area contributed by atoms with E-state index >= 15 is 0 Å². The van der Waals surface area contributed by atoms with Gasteiger partial charge in [0.2, 0.25) is 0 Å². The lowest BCUT2D eigenvalue weighted by Gasteiger charge is -2.34. The van der Waals surface area contributed by atoms with Crippen LogP contribution in [0.25, 0.3) is 0 Å². The van der Waals surface area contributed by atoms with Gasteiger partial charge in [-0.15, -0.1) is 0 Å². The van der Waals surface area contributed by atoms with E-state index in [1.54, 1.807) is 7.11 Å². The summed E-state index contributed by atoms with van der Waals surface area (Å²) in [4.78, 5) is 4.23. The van der Waals surface area contributed by atoms with Crippen LogP contribution in [0.2, 0.25) is 0 Å². The minimum absolute atomic E-state index is 0.0176. The number of nitrogens with one attached hydrogen (secondary N) is 1. The molecule has 2 aliphatic rings. The molecular weight excluding hydrogens is 260 g/mol. The van der Waals surface area contributed by atoms with Gasteiger partial charge in [0.25, 0.3) is 0 Å². The Kier molecular flexibility index (Phi) is 4.16. The Bertz CT molecular complexity index is 481. The van der Waals surface area contributed by atoms with Gasteiger partial charge in [0.15, 0.2) is 0 Å². The van der Waals surface area contributed by atoms with E-state index < -0.39 is 0 Å². The first-order valence-corrected chi connectivity index (χ1v) is 6.92. The first-order chi connectivity index (χ1) is 8.93. The lowest BCUT2D eigenvalue weighted by atomic mass is 9.77. The minimum Gasteiger partial charge on any atom is -0.358 e. The summed E-state index contributed by atoms with van der Waals surface area (Å²) in [6.45, 7) is 7.40. The van der Waals surface area contributed by atoms with Gasteiger partial charge in [-0.05, 0) is 35.1 Å². The van der Waals surface area contributed by atoms with Crippen molar-refractivity contribution in [2.24, 2.45) is 10.4 Å². The van der Waals surface area contributed by atoms with Gasteiger partial charge in [-0.1, -0.05) is 32.4 Å². The van der Waals surface area contributed by atoms with Crippen molar-refractivity contribution in [2.75, 3.05) is 13.7 Å². The van der Waals surface area contributed by atoms with E-state index in [1.165, 1.54) is 11.1 Å². The highest BCUT2D eigenvalue weighted by molar-refractivity contribution is 6.30. The van der Waals surface area contributed by atoms with Crippen molar-refractivity contribution in [1.29, 1.82) is 0 Å². The van der Waals surface area contributed by atoms with Gasteiger partial charge < -0.3 is 10.1 Å². The van der Waals surface area contributed by atoms with E-state index in [1.807, 2.05) is 6.21 Å². The van der Waals surface area contributed by atoms with Crippen LogP contribution in [0.3, 0.4) is 0 Å². The van der Waals surface area contributed by atoms with Crippen LogP contribution in [0.1, 0.15) is 27.2 Å². The standard InChI is InChI=1S/C15H21ClN2O/c1-15(2,3)11-9-12(19-4)18-14(16)13(11)10-5-7-17-8-6-10/h5,7,9,12,18H,6,8H2,1-4H3. The Morgan fingerprint density at radius 3 is 2.68 bits per heavy atom. The van der Waals surface area contributed by atoms with Crippen molar-refractivity contribution < 1.29 is 4.74 Å². The monoisotopic (exact) mass is 280 g/mol. The summed E-state index contributed by atoms with van der Waals surface area (Å²) in [7, 11) is 1.68. The van der Waals surface area contributed by atoms with Gasteiger partial charge in [0.1, 0.15) is 11.4 Å². The molecule has 0 aromatic heterocycles. The lowest BCUT2D eigenvalue weighted by Crippen LogP contribution is -2.34. The quantitative estimate of drug-likeness (QED) is 0.787. The van der Waals surface area contributed by atoms with Gasteiger partial charge in [0.05, 0.1) is 0 Å². The zero-order valence-corrected chi connectivity index (χ0v) is 12.7. The molecule has 104 valence electrons. The number of nitrogens with zero attached hydrogens (tertiary/aromatic N) is 1. The molecule has 2 rings (SSSR count). The van der Waals surface area contributed by atoms with Crippen molar-refractivity contribution in [1.82, 2.24) is 5.32 Å². The molecule has 0 fully saturated rings. The number of allylic oxidation sites excluding steroid dienone is 3. The fraction of sp³-hybridized carbons (Fsp3) is 0.533. The summed E-state index contributed by atoms with van der Waals surface area (Å²) in [6.07, 6.45) is 6.79. The van der Waals surface area contributed by atoms with E-state index in [9.17, 15) is 0 Å². The number of methoxy groups -OCH3 is 1. The molecule has 0 saturated heterocycles. The molecule has 0 radical (unpaired) electrons. The van der Waals surface area contributed by atoms with Crippen LogP contribution in [0, 0.1) is 5.41 Å². The fourth-order valence-corrected chi connectivity index (χ4v) is 2.68. The molecule has 0 aromatic rings. The number of dihydropyridines is 2. The molecule has 2 aliphatic heterocycles. The minimum atomic E-state index is -0.164. The topological polar surface area (TPSA) is 33.6 Å². The Hall–Kier alpha value is -1.06. The molecule has 1 unspecified atom stereocenters. The maximum absolute atomic E-state index is 6.45. The van der Waals surface area contributed by atoms with Gasteiger partial charge >= 0.3 is 0 Å². The zero-order chi connectivity index (χ0) is 14.0. The summed E-state index contributed by atoms with van der Waals surface area (Å²) in [5.74, 6) is 0. The lowest BCUT2D eigenvalue weighted by molar-refractivity contribution is 0.120. The first kappa shape index (κ1) is 14.4. The third kappa shape index (κ3) is 3.10. The maximum atomic E-state index is 6.45. The van der Waals surface area contributed by atoms with Crippen molar-refractivity contribution in [3.05, 3.63) is 34.0 Å². The number of halogens is 1. The normalized spacial score (nSPS) is 23.9. The molecule has 0 amide bonds. The highest BCUT2D eigenvalue weighted by Crippen LogP contribution is 2.40. The molecule has 3 nitrogen and oxygen atoms in total. The van der Waals surface area contributed by atoms with Gasteiger partial charge in [-0.2, -0.15) is 0 Å². The van der Waals surface area contributed by atoms with Crippen molar-refractivity contribution in [3.63, 3.8) is 0 Å². The van der Waals surface area contributed by atoms with Gasteiger partial charge in [0, 0.05) is 25.4 Å². The van der Waals surface area contributed by atoms with Crippen LogP contribution >= 0.6 is 11.6 Å². The highest BCUT2D eigenvalue weighted by Gasteiger charge is 2.30. The molecular formula is C15H21ClN2O. The molecule has 19 heavy (non-hydrogen) atoms. The molecule has 0 saturated carbocycles. The SMILES string of the molecule is COC1C=C(C(C)(C)C)C(C2=CC=NCC2)=C(Cl)N1. The summed E-state index contributed by atoms with van der Waals surface area (Å²) >= 11 is 6.45. The van der Waals surface area contributed by atoms with Crippen LogP contribution in [0.4, 0.5) is 0 Å². The first-order valence-electron chi connectivity index (χ1n) is 6.54. The Morgan fingerprint density at radius 2 is 2.16 bits per heavy atom. The summed E-state index contributed by atoms with van der Waals surface area (Å²) in [5, 5.41) is 3.84. The average molecular weight is 281 g/mol. The van der Waals surface area contributed by atoms with Crippen molar-refractivity contribution in [3.8, 4) is 0 Å². The predicted octanol–water partition coefficient (Wildman–Crippen LogP) is 3.39. The summed E-state index contributed by atoms with van der Waals surface area (Å²) < 4.78 is 5.37. The second kappa shape index (κ2) is 5.51. The van der Waals surface area contributed by atoms with Gasteiger partial charge in [-0.25, -0.2) is 0 Å². The van der Waals surface area contributed by atoms with Crippen molar-refractivity contribution in [2.45, 2.75) is 33.4 Å².